The fourth-order valence-corrected chi connectivity index (χ4v) is 5.62. The van der Waals surface area contributed by atoms with Gasteiger partial charge in [0.1, 0.15) is 11.8 Å². The van der Waals surface area contributed by atoms with Gasteiger partial charge in [-0.15, -0.1) is 0 Å². The number of hydrogen-bond acceptors (Lipinski definition) is 4. The average molecular weight is 401 g/mol. The molecule has 2 aliphatic rings. The minimum Gasteiger partial charge on any atom is -0.493 e. The van der Waals surface area contributed by atoms with Crippen LogP contribution in [-0.4, -0.2) is 37.8 Å². The van der Waals surface area contributed by atoms with E-state index in [4.69, 9.17) is 4.74 Å². The van der Waals surface area contributed by atoms with Gasteiger partial charge in [0.05, 0.1) is 17.5 Å². The Hall–Kier alpha value is -2.38. The Labute approximate surface area is 165 Å². The zero-order valence-corrected chi connectivity index (χ0v) is 16.4. The first-order chi connectivity index (χ1) is 13.6. The SMILES string of the molecule is O=C(N[C@@H]1CCOc2ccccc21)[C@H]1CCCCN1S(=O)(=O)c1ccccc1. The van der Waals surface area contributed by atoms with Gasteiger partial charge in [0.15, 0.2) is 0 Å². The summed E-state index contributed by atoms with van der Waals surface area (Å²) in [6.07, 6.45) is 2.79. The average Bonchev–Trinajstić information content (AvgIpc) is 2.74. The summed E-state index contributed by atoms with van der Waals surface area (Å²) in [5.74, 6) is 0.539. The third-order valence-corrected chi connectivity index (χ3v) is 7.30. The maximum Gasteiger partial charge on any atom is 0.243 e. The van der Waals surface area contributed by atoms with Crippen LogP contribution in [-0.2, 0) is 14.8 Å². The fraction of sp³-hybridized carbons (Fsp3) is 0.381. The molecular formula is C21H24N2O4S. The van der Waals surface area contributed by atoms with Crippen LogP contribution in [0.2, 0.25) is 0 Å². The molecule has 2 aliphatic heterocycles. The van der Waals surface area contributed by atoms with Crippen LogP contribution in [0, 0.1) is 0 Å². The van der Waals surface area contributed by atoms with E-state index in [1.165, 1.54) is 4.31 Å². The third-order valence-electron chi connectivity index (χ3n) is 5.38. The Kier molecular flexibility index (Phi) is 5.37. The summed E-state index contributed by atoms with van der Waals surface area (Å²) in [5.41, 5.74) is 0.940. The summed E-state index contributed by atoms with van der Waals surface area (Å²) in [7, 11) is -3.71. The number of fused-ring (bicyclic) bond motifs is 1. The molecule has 1 saturated heterocycles. The second-order valence-electron chi connectivity index (χ2n) is 7.18. The summed E-state index contributed by atoms with van der Waals surface area (Å²) in [6, 6.07) is 15.1. The minimum absolute atomic E-state index is 0.166. The molecule has 1 N–H and O–H groups in total. The molecule has 2 atom stereocenters. The Balaban J connectivity index is 1.56. The lowest BCUT2D eigenvalue weighted by molar-refractivity contribution is -0.126. The van der Waals surface area contributed by atoms with Gasteiger partial charge >= 0.3 is 0 Å². The highest BCUT2D eigenvalue weighted by Gasteiger charge is 2.38. The molecule has 148 valence electrons. The first-order valence-electron chi connectivity index (χ1n) is 9.66. The molecular weight excluding hydrogens is 376 g/mol. The van der Waals surface area contributed by atoms with Crippen LogP contribution in [0.4, 0.5) is 0 Å². The van der Waals surface area contributed by atoms with Crippen molar-refractivity contribution >= 4 is 15.9 Å². The first-order valence-corrected chi connectivity index (χ1v) is 11.1. The van der Waals surface area contributed by atoms with Gasteiger partial charge in [-0.3, -0.25) is 4.79 Å². The van der Waals surface area contributed by atoms with Gasteiger partial charge < -0.3 is 10.1 Å². The Morgan fingerprint density at radius 1 is 1.00 bits per heavy atom. The second-order valence-corrected chi connectivity index (χ2v) is 9.07. The molecule has 28 heavy (non-hydrogen) atoms. The molecule has 1 fully saturated rings. The Bertz CT molecular complexity index is 946. The van der Waals surface area contributed by atoms with E-state index in [1.54, 1.807) is 30.3 Å². The van der Waals surface area contributed by atoms with Crippen LogP contribution in [0.15, 0.2) is 59.5 Å². The van der Waals surface area contributed by atoms with Crippen molar-refractivity contribution in [3.05, 3.63) is 60.2 Å². The van der Waals surface area contributed by atoms with Gasteiger partial charge in [-0.05, 0) is 31.0 Å². The molecule has 6 nitrogen and oxygen atoms in total. The largest absolute Gasteiger partial charge is 0.493 e. The number of hydrogen-bond donors (Lipinski definition) is 1. The van der Waals surface area contributed by atoms with Crippen molar-refractivity contribution < 1.29 is 17.9 Å². The van der Waals surface area contributed by atoms with Gasteiger partial charge in [-0.25, -0.2) is 8.42 Å². The van der Waals surface area contributed by atoms with Gasteiger partial charge in [-0.2, -0.15) is 4.31 Å². The first kappa shape index (κ1) is 19.0. The number of piperidine rings is 1. The van der Waals surface area contributed by atoms with Crippen LogP contribution in [0.3, 0.4) is 0 Å². The van der Waals surface area contributed by atoms with Crippen molar-refractivity contribution in [2.75, 3.05) is 13.2 Å². The highest BCUT2D eigenvalue weighted by atomic mass is 32.2. The topological polar surface area (TPSA) is 75.7 Å². The number of carbonyl (C=O) groups is 1. The number of amides is 1. The van der Waals surface area contributed by atoms with Crippen molar-refractivity contribution in [1.29, 1.82) is 0 Å². The van der Waals surface area contributed by atoms with E-state index in [0.717, 1.165) is 24.2 Å². The van der Waals surface area contributed by atoms with Crippen molar-refractivity contribution in [2.24, 2.45) is 0 Å². The molecule has 2 heterocycles. The van der Waals surface area contributed by atoms with E-state index < -0.39 is 16.1 Å². The predicted octanol–water partition coefficient (Wildman–Crippen LogP) is 2.87. The molecule has 0 bridgehead atoms. The van der Waals surface area contributed by atoms with Crippen LogP contribution < -0.4 is 10.1 Å². The van der Waals surface area contributed by atoms with Crippen LogP contribution in [0.25, 0.3) is 0 Å². The lowest BCUT2D eigenvalue weighted by Gasteiger charge is -2.35. The number of benzene rings is 2. The van der Waals surface area contributed by atoms with E-state index in [2.05, 4.69) is 5.32 Å². The minimum atomic E-state index is -3.71. The van der Waals surface area contributed by atoms with E-state index >= 15 is 0 Å². The molecule has 2 aromatic carbocycles. The number of rotatable bonds is 4. The van der Waals surface area contributed by atoms with Crippen molar-refractivity contribution in [2.45, 2.75) is 42.7 Å². The summed E-state index contributed by atoms with van der Waals surface area (Å²) in [5, 5.41) is 3.07. The summed E-state index contributed by atoms with van der Waals surface area (Å²) < 4.78 is 33.3. The normalized spacial score (nSPS) is 22.7. The monoisotopic (exact) mass is 400 g/mol. The van der Waals surface area contributed by atoms with Crippen LogP contribution in [0.5, 0.6) is 5.75 Å². The molecule has 0 spiro atoms. The lowest BCUT2D eigenvalue weighted by atomic mass is 9.99. The Morgan fingerprint density at radius 2 is 1.75 bits per heavy atom. The molecule has 2 aromatic rings. The number of carbonyl (C=O) groups excluding carboxylic acids is 1. The second kappa shape index (κ2) is 7.93. The predicted molar refractivity (Wildman–Crippen MR) is 105 cm³/mol. The lowest BCUT2D eigenvalue weighted by Crippen LogP contribution is -2.52. The molecule has 0 aromatic heterocycles. The maximum absolute atomic E-state index is 13.1. The number of para-hydroxylation sites is 1. The van der Waals surface area contributed by atoms with Crippen molar-refractivity contribution in [3.8, 4) is 5.75 Å². The van der Waals surface area contributed by atoms with Gasteiger partial charge in [0.25, 0.3) is 0 Å². The van der Waals surface area contributed by atoms with Gasteiger partial charge in [0.2, 0.25) is 15.9 Å². The zero-order chi connectivity index (χ0) is 19.6. The summed E-state index contributed by atoms with van der Waals surface area (Å²) in [4.78, 5) is 13.3. The number of nitrogens with zero attached hydrogens (tertiary/aromatic N) is 1. The zero-order valence-electron chi connectivity index (χ0n) is 15.6. The Morgan fingerprint density at radius 3 is 2.57 bits per heavy atom. The van der Waals surface area contributed by atoms with E-state index in [1.807, 2.05) is 24.3 Å². The molecule has 4 rings (SSSR count). The molecule has 0 saturated carbocycles. The van der Waals surface area contributed by atoms with E-state index in [9.17, 15) is 13.2 Å². The number of nitrogens with one attached hydrogen (secondary N) is 1. The fourth-order valence-electron chi connectivity index (χ4n) is 3.94. The standard InChI is InChI=1S/C21H24N2O4S/c24-21(22-18-13-15-27-20-12-5-4-10-17(18)20)19-11-6-7-14-23(19)28(25,26)16-8-2-1-3-9-16/h1-5,8-10,12,18-19H,6-7,11,13-15H2,(H,22,24)/t18-,19-/m1/s1. The smallest absolute Gasteiger partial charge is 0.243 e. The molecule has 0 radical (unpaired) electrons. The molecule has 0 aliphatic carbocycles. The van der Waals surface area contributed by atoms with E-state index in [-0.39, 0.29) is 16.8 Å². The van der Waals surface area contributed by atoms with E-state index in [0.29, 0.717) is 26.0 Å². The highest BCUT2D eigenvalue weighted by Crippen LogP contribution is 2.32. The quantitative estimate of drug-likeness (QED) is 0.856. The highest BCUT2D eigenvalue weighted by molar-refractivity contribution is 7.89. The van der Waals surface area contributed by atoms with Crippen LogP contribution >= 0.6 is 0 Å². The maximum atomic E-state index is 13.1. The number of ether oxygens (including phenoxy) is 1. The summed E-state index contributed by atoms with van der Waals surface area (Å²) in [6.45, 7) is 0.887. The third kappa shape index (κ3) is 3.64. The number of sulfonamides is 1. The molecule has 1 amide bonds. The molecule has 0 unspecified atom stereocenters. The molecule has 7 heteroatoms. The van der Waals surface area contributed by atoms with Crippen molar-refractivity contribution in [1.82, 2.24) is 9.62 Å². The van der Waals surface area contributed by atoms with Gasteiger partial charge in [0, 0.05) is 18.5 Å². The van der Waals surface area contributed by atoms with Crippen LogP contribution in [0.1, 0.15) is 37.3 Å². The van der Waals surface area contributed by atoms with Crippen molar-refractivity contribution in [3.63, 3.8) is 0 Å². The van der Waals surface area contributed by atoms with Gasteiger partial charge in [-0.1, -0.05) is 42.8 Å². The summed E-state index contributed by atoms with van der Waals surface area (Å²) >= 11 is 0.